The molecular formula is C21H17ClN4O4. The fourth-order valence-electron chi connectivity index (χ4n) is 3.05. The van der Waals surface area contributed by atoms with E-state index in [0.29, 0.717) is 33.5 Å². The van der Waals surface area contributed by atoms with E-state index in [-0.39, 0.29) is 11.6 Å². The van der Waals surface area contributed by atoms with Crippen LogP contribution >= 0.6 is 11.6 Å². The summed E-state index contributed by atoms with van der Waals surface area (Å²) in [7, 11) is 0. The first-order valence-corrected chi connectivity index (χ1v) is 9.50. The summed E-state index contributed by atoms with van der Waals surface area (Å²) < 4.78 is 6.94. The first-order valence-electron chi connectivity index (χ1n) is 9.12. The van der Waals surface area contributed by atoms with Gasteiger partial charge in [-0.2, -0.15) is 5.10 Å². The van der Waals surface area contributed by atoms with Gasteiger partial charge in [0, 0.05) is 17.4 Å². The summed E-state index contributed by atoms with van der Waals surface area (Å²) in [6.45, 7) is 3.34. The average Bonchev–Trinajstić information content (AvgIpc) is 2.70. The number of carbonyl (C=O) groups excluding carboxylic acids is 2. The van der Waals surface area contributed by atoms with Crippen LogP contribution in [-0.2, 0) is 4.79 Å². The second kappa shape index (κ2) is 7.64. The summed E-state index contributed by atoms with van der Waals surface area (Å²) in [5, 5.41) is 10.00. The lowest BCUT2D eigenvalue weighted by Crippen LogP contribution is -2.34. The summed E-state index contributed by atoms with van der Waals surface area (Å²) in [6.07, 6.45) is -0.599. The Labute approximate surface area is 176 Å². The molecule has 3 aromatic rings. The summed E-state index contributed by atoms with van der Waals surface area (Å²) >= 11 is 6.24. The first-order chi connectivity index (χ1) is 14.3. The zero-order chi connectivity index (χ0) is 21.4. The summed E-state index contributed by atoms with van der Waals surface area (Å²) in [6, 6.07) is 13.1. The summed E-state index contributed by atoms with van der Waals surface area (Å²) in [4.78, 5) is 37.0. The van der Waals surface area contributed by atoms with E-state index in [1.165, 1.54) is 10.7 Å². The number of anilines is 2. The van der Waals surface area contributed by atoms with E-state index in [4.69, 9.17) is 16.3 Å². The number of nitrogens with one attached hydrogen (secondary N) is 2. The van der Waals surface area contributed by atoms with Crippen LogP contribution in [0.1, 0.15) is 23.1 Å². The Morgan fingerprint density at radius 3 is 2.73 bits per heavy atom. The van der Waals surface area contributed by atoms with Crippen LogP contribution in [-0.4, -0.2) is 27.7 Å². The van der Waals surface area contributed by atoms with Crippen LogP contribution in [0.2, 0.25) is 5.02 Å². The number of aryl methyl sites for hydroxylation is 1. The second-order valence-corrected chi connectivity index (χ2v) is 7.18. The van der Waals surface area contributed by atoms with Gasteiger partial charge in [0.05, 0.1) is 16.4 Å². The first kappa shape index (κ1) is 19.7. The monoisotopic (exact) mass is 424 g/mol. The highest BCUT2D eigenvalue weighted by Gasteiger charge is 2.24. The third-order valence-corrected chi connectivity index (χ3v) is 4.89. The van der Waals surface area contributed by atoms with Crippen LogP contribution < -0.4 is 20.8 Å². The van der Waals surface area contributed by atoms with Crippen molar-refractivity contribution in [3.63, 3.8) is 0 Å². The maximum absolute atomic E-state index is 12.8. The van der Waals surface area contributed by atoms with E-state index in [1.807, 2.05) is 0 Å². The molecule has 0 saturated carbocycles. The number of carbonyl (C=O) groups is 2. The number of amides is 2. The minimum absolute atomic E-state index is 0.284. The normalized spacial score (nSPS) is 15.0. The predicted molar refractivity (Wildman–Crippen MR) is 113 cm³/mol. The van der Waals surface area contributed by atoms with Crippen molar-refractivity contribution in [3.05, 3.63) is 75.2 Å². The Hall–Kier alpha value is -3.65. The molecule has 30 heavy (non-hydrogen) atoms. The van der Waals surface area contributed by atoms with Crippen molar-refractivity contribution in [3.8, 4) is 11.4 Å². The molecule has 2 amide bonds. The number of hydrogen-bond donors (Lipinski definition) is 2. The van der Waals surface area contributed by atoms with Gasteiger partial charge in [0.2, 0.25) is 5.43 Å². The predicted octanol–water partition coefficient (Wildman–Crippen LogP) is 3.17. The number of fused-ring (bicyclic) bond motifs is 1. The average molecular weight is 425 g/mol. The van der Waals surface area contributed by atoms with E-state index in [9.17, 15) is 14.4 Å². The lowest BCUT2D eigenvalue weighted by molar-refractivity contribution is -0.122. The molecule has 152 valence electrons. The van der Waals surface area contributed by atoms with E-state index in [0.717, 1.165) is 0 Å². The maximum Gasteiger partial charge on any atom is 0.280 e. The Bertz CT molecular complexity index is 1240. The van der Waals surface area contributed by atoms with Crippen LogP contribution in [0.5, 0.6) is 5.75 Å². The molecule has 0 radical (unpaired) electrons. The van der Waals surface area contributed by atoms with Crippen molar-refractivity contribution in [1.82, 2.24) is 9.78 Å². The van der Waals surface area contributed by atoms with E-state index < -0.39 is 17.4 Å². The van der Waals surface area contributed by atoms with Crippen molar-refractivity contribution in [2.75, 3.05) is 10.6 Å². The molecule has 4 rings (SSSR count). The van der Waals surface area contributed by atoms with Crippen LogP contribution in [0.3, 0.4) is 0 Å². The van der Waals surface area contributed by atoms with Crippen molar-refractivity contribution in [2.24, 2.45) is 0 Å². The Morgan fingerprint density at radius 2 is 1.97 bits per heavy atom. The molecule has 0 aliphatic carbocycles. The van der Waals surface area contributed by atoms with E-state index in [2.05, 4.69) is 15.7 Å². The van der Waals surface area contributed by atoms with Crippen LogP contribution in [0.4, 0.5) is 11.4 Å². The van der Waals surface area contributed by atoms with Crippen LogP contribution in [0, 0.1) is 6.92 Å². The van der Waals surface area contributed by atoms with Crippen molar-refractivity contribution >= 4 is 34.8 Å². The Balaban J connectivity index is 1.65. The quantitative estimate of drug-likeness (QED) is 0.672. The van der Waals surface area contributed by atoms with Crippen LogP contribution in [0.15, 0.2) is 53.3 Å². The number of rotatable bonds is 3. The number of para-hydroxylation sites is 1. The molecule has 2 aromatic carbocycles. The molecule has 1 unspecified atom stereocenters. The minimum atomic E-state index is -0.683. The Morgan fingerprint density at radius 1 is 1.20 bits per heavy atom. The smallest absolute Gasteiger partial charge is 0.280 e. The van der Waals surface area contributed by atoms with Gasteiger partial charge in [-0.05, 0) is 44.2 Å². The number of halogens is 1. The van der Waals surface area contributed by atoms with Crippen LogP contribution in [0.25, 0.3) is 5.69 Å². The Kier molecular flexibility index (Phi) is 5.01. The standard InChI is InChI=1S/C21H17ClN4O4/c1-11-9-17(27)19(25-26(11)16-6-4-3-5-14(16)22)21(29)23-13-7-8-18-15(10-13)24-20(28)12(2)30-18/h3-10,12H,1-2H3,(H,23,29)(H,24,28). The molecule has 1 atom stereocenters. The van der Waals surface area contributed by atoms with Gasteiger partial charge < -0.3 is 15.4 Å². The number of aromatic nitrogens is 2. The van der Waals surface area contributed by atoms with Crippen molar-refractivity contribution in [1.29, 1.82) is 0 Å². The second-order valence-electron chi connectivity index (χ2n) is 6.78. The molecule has 1 aromatic heterocycles. The molecule has 1 aliphatic rings. The highest BCUT2D eigenvalue weighted by molar-refractivity contribution is 6.32. The van der Waals surface area contributed by atoms with Gasteiger partial charge >= 0.3 is 0 Å². The van der Waals surface area contributed by atoms with Crippen molar-refractivity contribution in [2.45, 2.75) is 20.0 Å². The van der Waals surface area contributed by atoms with Gasteiger partial charge in [-0.1, -0.05) is 23.7 Å². The topological polar surface area (TPSA) is 102 Å². The molecule has 0 fully saturated rings. The zero-order valence-corrected chi connectivity index (χ0v) is 16.9. The van der Waals surface area contributed by atoms with E-state index >= 15 is 0 Å². The van der Waals surface area contributed by atoms with Gasteiger partial charge in [-0.25, -0.2) is 4.68 Å². The molecule has 0 spiro atoms. The maximum atomic E-state index is 12.8. The molecule has 0 bridgehead atoms. The van der Waals surface area contributed by atoms with Gasteiger partial charge in [0.15, 0.2) is 11.8 Å². The number of hydrogen-bond acceptors (Lipinski definition) is 5. The molecular weight excluding hydrogens is 408 g/mol. The van der Waals surface area contributed by atoms with Gasteiger partial charge in [0.1, 0.15) is 5.75 Å². The third-order valence-electron chi connectivity index (χ3n) is 4.57. The fraction of sp³-hybridized carbons (Fsp3) is 0.143. The van der Waals surface area contributed by atoms with Crippen molar-refractivity contribution < 1.29 is 14.3 Å². The highest BCUT2D eigenvalue weighted by Crippen LogP contribution is 2.32. The van der Waals surface area contributed by atoms with E-state index in [1.54, 1.807) is 56.3 Å². The molecule has 9 heteroatoms. The number of ether oxygens (including phenoxy) is 1. The highest BCUT2D eigenvalue weighted by atomic mass is 35.5. The fourth-order valence-corrected chi connectivity index (χ4v) is 3.26. The number of nitrogens with zero attached hydrogens (tertiary/aromatic N) is 2. The van der Waals surface area contributed by atoms with Gasteiger partial charge in [-0.15, -0.1) is 0 Å². The molecule has 2 N–H and O–H groups in total. The SMILES string of the molecule is Cc1cc(=O)c(C(=O)Nc2ccc3c(c2)NC(=O)C(C)O3)nn1-c1ccccc1Cl. The minimum Gasteiger partial charge on any atom is -0.479 e. The molecule has 0 saturated heterocycles. The lowest BCUT2D eigenvalue weighted by Gasteiger charge is -2.23. The van der Waals surface area contributed by atoms with Gasteiger partial charge in [0.25, 0.3) is 11.8 Å². The largest absolute Gasteiger partial charge is 0.479 e. The third kappa shape index (κ3) is 3.65. The summed E-state index contributed by atoms with van der Waals surface area (Å²) in [5.41, 5.74) is 1.09. The summed E-state index contributed by atoms with van der Waals surface area (Å²) in [5.74, 6) is -0.472. The van der Waals surface area contributed by atoms with Gasteiger partial charge in [-0.3, -0.25) is 14.4 Å². The zero-order valence-electron chi connectivity index (χ0n) is 16.1. The lowest BCUT2D eigenvalue weighted by atomic mass is 10.2. The molecule has 1 aliphatic heterocycles. The molecule has 8 nitrogen and oxygen atoms in total. The molecule has 2 heterocycles. The number of benzene rings is 2.